The molecule has 0 saturated carbocycles. The second-order valence-corrected chi connectivity index (χ2v) is 4.02. The molecule has 0 fully saturated rings. The number of nitrogens with zero attached hydrogens (tertiary/aromatic N) is 1. The predicted molar refractivity (Wildman–Crippen MR) is 60.6 cm³/mol. The predicted octanol–water partition coefficient (Wildman–Crippen LogP) is 0.652. The van der Waals surface area contributed by atoms with Crippen molar-refractivity contribution >= 4 is 34.2 Å². The van der Waals surface area contributed by atoms with Crippen LogP contribution in [0.3, 0.4) is 0 Å². The molecule has 0 aliphatic carbocycles. The van der Waals surface area contributed by atoms with Crippen LogP contribution in [0.4, 0.5) is 5.00 Å². The number of hydrogen-bond acceptors (Lipinski definition) is 6. The molecule has 8 heteroatoms. The quantitative estimate of drug-likeness (QED) is 0.262. The summed E-state index contributed by atoms with van der Waals surface area (Å²) in [5, 5.41) is 19.1. The SMILES string of the molecule is NCC(=O)/C(=C/c1ccc([N+](=O)[O-])s1)C(=O)O. The number of nitrogens with two attached hydrogens (primary N) is 1. The first-order valence-electron chi connectivity index (χ1n) is 4.38. The molecule has 0 saturated heterocycles. The molecule has 0 atom stereocenters. The van der Waals surface area contributed by atoms with Crippen molar-refractivity contribution in [1.29, 1.82) is 0 Å². The lowest BCUT2D eigenvalue weighted by Gasteiger charge is -1.97. The van der Waals surface area contributed by atoms with E-state index in [1.807, 2.05) is 0 Å². The Morgan fingerprint density at radius 3 is 2.59 bits per heavy atom. The first-order valence-corrected chi connectivity index (χ1v) is 5.20. The van der Waals surface area contributed by atoms with Crippen molar-refractivity contribution in [3.8, 4) is 0 Å². The number of carboxylic acid groups (broad SMARTS) is 1. The van der Waals surface area contributed by atoms with Gasteiger partial charge < -0.3 is 10.8 Å². The van der Waals surface area contributed by atoms with Crippen LogP contribution in [0.2, 0.25) is 0 Å². The average molecular weight is 256 g/mol. The van der Waals surface area contributed by atoms with Gasteiger partial charge in [0.1, 0.15) is 5.57 Å². The van der Waals surface area contributed by atoms with Crippen molar-refractivity contribution in [3.63, 3.8) is 0 Å². The van der Waals surface area contributed by atoms with Gasteiger partial charge >= 0.3 is 11.0 Å². The maximum atomic E-state index is 11.2. The van der Waals surface area contributed by atoms with E-state index in [4.69, 9.17) is 10.8 Å². The Labute approximate surface area is 99.3 Å². The molecule has 0 radical (unpaired) electrons. The summed E-state index contributed by atoms with van der Waals surface area (Å²) < 4.78 is 0. The fourth-order valence-electron chi connectivity index (χ4n) is 1.03. The molecule has 3 N–H and O–H groups in total. The summed E-state index contributed by atoms with van der Waals surface area (Å²) in [6.45, 7) is -0.425. The zero-order valence-corrected chi connectivity index (χ0v) is 9.27. The monoisotopic (exact) mass is 256 g/mol. The standard InChI is InChI=1S/C9H8N2O5S/c10-4-7(12)6(9(13)14)3-5-1-2-8(17-5)11(15)16/h1-3H,4,10H2,(H,13,14)/b6-3-. The number of Topliss-reactive ketones (excluding diaryl/α,β-unsaturated/α-hetero) is 1. The molecular formula is C9H8N2O5S. The molecular weight excluding hydrogens is 248 g/mol. The highest BCUT2D eigenvalue weighted by atomic mass is 32.1. The molecule has 0 amide bonds. The third-order valence-electron chi connectivity index (χ3n) is 1.80. The smallest absolute Gasteiger partial charge is 0.339 e. The second kappa shape index (κ2) is 5.32. The molecule has 7 nitrogen and oxygen atoms in total. The summed E-state index contributed by atoms with van der Waals surface area (Å²) in [4.78, 5) is 32.1. The summed E-state index contributed by atoms with van der Waals surface area (Å²) >= 11 is 0.783. The first-order chi connectivity index (χ1) is 7.95. The molecule has 90 valence electrons. The van der Waals surface area contributed by atoms with Crippen LogP contribution in [0, 0.1) is 10.1 Å². The van der Waals surface area contributed by atoms with Crippen molar-refractivity contribution in [3.05, 3.63) is 32.7 Å². The van der Waals surface area contributed by atoms with Crippen LogP contribution in [0.1, 0.15) is 4.88 Å². The van der Waals surface area contributed by atoms with Crippen molar-refractivity contribution < 1.29 is 19.6 Å². The zero-order valence-electron chi connectivity index (χ0n) is 8.45. The molecule has 0 aliphatic rings. The van der Waals surface area contributed by atoms with Crippen LogP contribution < -0.4 is 5.73 Å². The molecule has 1 rings (SSSR count). The molecule has 1 heterocycles. The summed E-state index contributed by atoms with van der Waals surface area (Å²) in [7, 11) is 0. The number of rotatable bonds is 5. The van der Waals surface area contributed by atoms with Crippen LogP contribution in [-0.4, -0.2) is 28.3 Å². The largest absolute Gasteiger partial charge is 0.478 e. The summed E-state index contributed by atoms with van der Waals surface area (Å²) in [5.74, 6) is -2.13. The molecule has 0 aromatic carbocycles. The van der Waals surface area contributed by atoms with Crippen molar-refractivity contribution in [2.45, 2.75) is 0 Å². The van der Waals surface area contributed by atoms with Crippen molar-refractivity contribution in [2.24, 2.45) is 5.73 Å². The minimum Gasteiger partial charge on any atom is -0.478 e. The maximum Gasteiger partial charge on any atom is 0.339 e. The van der Waals surface area contributed by atoms with Crippen LogP contribution in [0.25, 0.3) is 6.08 Å². The zero-order chi connectivity index (χ0) is 13.0. The Bertz CT molecular complexity index is 505. The number of thiophene rings is 1. The number of carbonyl (C=O) groups excluding carboxylic acids is 1. The highest BCUT2D eigenvalue weighted by molar-refractivity contribution is 7.16. The molecule has 1 aromatic heterocycles. The van der Waals surface area contributed by atoms with Gasteiger partial charge in [-0.3, -0.25) is 14.9 Å². The fourth-order valence-corrected chi connectivity index (χ4v) is 1.80. The van der Waals surface area contributed by atoms with Crippen LogP contribution in [0.5, 0.6) is 0 Å². The Balaban J connectivity index is 3.09. The van der Waals surface area contributed by atoms with Crippen LogP contribution in [0.15, 0.2) is 17.7 Å². The highest BCUT2D eigenvalue weighted by Gasteiger charge is 2.17. The van der Waals surface area contributed by atoms with Gasteiger partial charge in [0.2, 0.25) is 0 Å². The van der Waals surface area contributed by atoms with Gasteiger partial charge in [-0.2, -0.15) is 0 Å². The minimum absolute atomic E-state index is 0.124. The van der Waals surface area contributed by atoms with Gasteiger partial charge in [-0.05, 0) is 12.1 Å². The Morgan fingerprint density at radius 1 is 1.53 bits per heavy atom. The van der Waals surface area contributed by atoms with Gasteiger partial charge in [-0.15, -0.1) is 0 Å². The van der Waals surface area contributed by atoms with Gasteiger partial charge in [0.05, 0.1) is 11.5 Å². The van der Waals surface area contributed by atoms with Gasteiger partial charge in [0.25, 0.3) is 0 Å². The van der Waals surface area contributed by atoms with E-state index in [-0.39, 0.29) is 5.00 Å². The third-order valence-corrected chi connectivity index (χ3v) is 2.78. The van der Waals surface area contributed by atoms with E-state index in [2.05, 4.69) is 0 Å². The average Bonchev–Trinajstić information content (AvgIpc) is 2.73. The van der Waals surface area contributed by atoms with E-state index < -0.39 is 28.8 Å². The van der Waals surface area contributed by atoms with E-state index in [0.29, 0.717) is 4.88 Å². The van der Waals surface area contributed by atoms with E-state index in [1.54, 1.807) is 0 Å². The minimum atomic E-state index is -1.41. The van der Waals surface area contributed by atoms with Crippen molar-refractivity contribution in [2.75, 3.05) is 6.54 Å². The fraction of sp³-hybridized carbons (Fsp3) is 0.111. The Kier molecular flexibility index (Phi) is 4.07. The van der Waals surface area contributed by atoms with Crippen LogP contribution in [-0.2, 0) is 9.59 Å². The number of ketones is 1. The number of hydrogen-bond donors (Lipinski definition) is 2. The van der Waals surface area contributed by atoms with E-state index in [1.165, 1.54) is 12.1 Å². The van der Waals surface area contributed by atoms with E-state index in [0.717, 1.165) is 17.4 Å². The van der Waals surface area contributed by atoms with Crippen molar-refractivity contribution in [1.82, 2.24) is 0 Å². The van der Waals surface area contributed by atoms with Gasteiger partial charge in [0.15, 0.2) is 5.78 Å². The van der Waals surface area contributed by atoms with E-state index >= 15 is 0 Å². The second-order valence-electron chi connectivity index (χ2n) is 2.92. The number of aliphatic carboxylic acids is 1. The molecule has 0 bridgehead atoms. The molecule has 17 heavy (non-hydrogen) atoms. The lowest BCUT2D eigenvalue weighted by atomic mass is 10.1. The Hall–Kier alpha value is -2.06. The summed E-state index contributed by atoms with van der Waals surface area (Å²) in [6.07, 6.45) is 1.08. The lowest BCUT2D eigenvalue weighted by molar-refractivity contribution is -0.380. The van der Waals surface area contributed by atoms with Gasteiger partial charge in [-0.1, -0.05) is 11.3 Å². The summed E-state index contributed by atoms with van der Waals surface area (Å²) in [5.41, 5.74) is 4.58. The number of carboxylic acids is 1. The first kappa shape index (κ1) is 13.0. The lowest BCUT2D eigenvalue weighted by Crippen LogP contribution is -2.20. The van der Waals surface area contributed by atoms with E-state index in [9.17, 15) is 19.7 Å². The highest BCUT2D eigenvalue weighted by Crippen LogP contribution is 2.25. The molecule has 1 aromatic rings. The van der Waals surface area contributed by atoms with Gasteiger partial charge in [-0.25, -0.2) is 4.79 Å². The summed E-state index contributed by atoms with van der Waals surface area (Å²) in [6, 6.07) is 2.61. The maximum absolute atomic E-state index is 11.2. The van der Waals surface area contributed by atoms with Gasteiger partial charge in [0, 0.05) is 10.9 Å². The van der Waals surface area contributed by atoms with Crippen LogP contribution >= 0.6 is 11.3 Å². The molecule has 0 spiro atoms. The molecule has 0 unspecified atom stereocenters. The molecule has 0 aliphatic heterocycles. The topological polar surface area (TPSA) is 124 Å². The number of nitro groups is 1. The normalized spacial score (nSPS) is 11.2. The number of carbonyl (C=O) groups is 2. The third kappa shape index (κ3) is 3.20. The Morgan fingerprint density at radius 2 is 2.18 bits per heavy atom.